The van der Waals surface area contributed by atoms with Crippen molar-refractivity contribution in [2.75, 3.05) is 0 Å². The van der Waals surface area contributed by atoms with E-state index in [0.29, 0.717) is 29.6 Å². The van der Waals surface area contributed by atoms with Crippen LogP contribution in [0.3, 0.4) is 0 Å². The molecule has 2 N–H and O–H groups in total. The van der Waals surface area contributed by atoms with Crippen LogP contribution in [0.5, 0.6) is 0 Å². The molecule has 7 heteroatoms. The number of nitrogens with one attached hydrogen (secondary N) is 1. The molecule has 0 fully saturated rings. The molecule has 0 radical (unpaired) electrons. The number of aliphatic hydroxyl groups is 1. The molecule has 0 unspecified atom stereocenters. The van der Waals surface area contributed by atoms with Gasteiger partial charge in [-0.15, -0.1) is 0 Å². The Morgan fingerprint density at radius 2 is 2.17 bits per heavy atom. The first-order valence-corrected chi connectivity index (χ1v) is 7.74. The van der Waals surface area contributed by atoms with Gasteiger partial charge < -0.3 is 10.4 Å². The summed E-state index contributed by atoms with van der Waals surface area (Å²) in [5, 5.41) is 17.8. The SMILES string of the molecule is CC(=O)NCc1nc(Cc2cccc(Cl)c2)nn1CC(C)(C)O. The Bertz CT molecular complexity index is 692. The molecule has 0 saturated heterocycles. The molecule has 1 aromatic heterocycles. The summed E-state index contributed by atoms with van der Waals surface area (Å²) in [6, 6.07) is 7.51. The summed E-state index contributed by atoms with van der Waals surface area (Å²) in [5.74, 6) is 1.09. The number of rotatable bonds is 6. The predicted molar refractivity (Wildman–Crippen MR) is 88.1 cm³/mol. The molecule has 0 atom stereocenters. The van der Waals surface area contributed by atoms with E-state index in [0.717, 1.165) is 5.56 Å². The summed E-state index contributed by atoms with van der Waals surface area (Å²) in [5.41, 5.74) is 0.0791. The van der Waals surface area contributed by atoms with Crippen molar-refractivity contribution in [1.29, 1.82) is 0 Å². The maximum Gasteiger partial charge on any atom is 0.217 e. The molecule has 0 spiro atoms. The van der Waals surface area contributed by atoms with Gasteiger partial charge in [0.15, 0.2) is 5.82 Å². The Morgan fingerprint density at radius 1 is 1.43 bits per heavy atom. The second-order valence-electron chi connectivity index (χ2n) is 6.13. The fraction of sp³-hybridized carbons (Fsp3) is 0.438. The van der Waals surface area contributed by atoms with Crippen molar-refractivity contribution in [2.24, 2.45) is 0 Å². The molecule has 1 amide bonds. The Morgan fingerprint density at radius 3 is 2.78 bits per heavy atom. The summed E-state index contributed by atoms with van der Waals surface area (Å²) in [6.45, 7) is 5.42. The highest BCUT2D eigenvalue weighted by Crippen LogP contribution is 2.14. The van der Waals surface area contributed by atoms with Crippen LogP contribution in [0.25, 0.3) is 0 Å². The Hall–Kier alpha value is -1.92. The van der Waals surface area contributed by atoms with E-state index in [9.17, 15) is 9.90 Å². The first-order valence-electron chi connectivity index (χ1n) is 7.37. The highest BCUT2D eigenvalue weighted by molar-refractivity contribution is 6.30. The minimum absolute atomic E-state index is 0.140. The van der Waals surface area contributed by atoms with E-state index in [4.69, 9.17) is 11.6 Å². The number of carbonyl (C=O) groups excluding carboxylic acids is 1. The van der Waals surface area contributed by atoms with Crippen LogP contribution in [-0.2, 0) is 24.3 Å². The maximum atomic E-state index is 11.1. The summed E-state index contributed by atoms with van der Waals surface area (Å²) < 4.78 is 1.63. The Labute approximate surface area is 140 Å². The average Bonchev–Trinajstić information content (AvgIpc) is 2.76. The van der Waals surface area contributed by atoms with Crippen molar-refractivity contribution in [3.05, 3.63) is 46.5 Å². The standard InChI is InChI=1S/C16H21ClN4O2/c1-11(22)18-9-15-19-14(20-21(15)10-16(2,3)23)8-12-5-4-6-13(17)7-12/h4-7,23H,8-10H2,1-3H3,(H,18,22). The van der Waals surface area contributed by atoms with Gasteiger partial charge in [0.05, 0.1) is 18.7 Å². The molecule has 1 heterocycles. The smallest absolute Gasteiger partial charge is 0.217 e. The highest BCUT2D eigenvalue weighted by Gasteiger charge is 2.19. The van der Waals surface area contributed by atoms with Crippen LogP contribution in [0, 0.1) is 0 Å². The van der Waals surface area contributed by atoms with Crippen molar-refractivity contribution < 1.29 is 9.90 Å². The third-order valence-corrected chi connectivity index (χ3v) is 3.31. The summed E-state index contributed by atoms with van der Waals surface area (Å²) in [7, 11) is 0. The molecular weight excluding hydrogens is 316 g/mol. The lowest BCUT2D eigenvalue weighted by molar-refractivity contribution is -0.119. The predicted octanol–water partition coefficient (Wildman–Crippen LogP) is 1.93. The summed E-state index contributed by atoms with van der Waals surface area (Å²) in [6.07, 6.45) is 0.534. The van der Waals surface area contributed by atoms with E-state index in [1.165, 1.54) is 6.92 Å². The second-order valence-corrected chi connectivity index (χ2v) is 6.57. The van der Waals surface area contributed by atoms with E-state index in [-0.39, 0.29) is 12.5 Å². The van der Waals surface area contributed by atoms with E-state index in [1.807, 2.05) is 24.3 Å². The summed E-state index contributed by atoms with van der Waals surface area (Å²) >= 11 is 5.99. The number of amides is 1. The molecule has 1 aromatic carbocycles. The van der Waals surface area contributed by atoms with Gasteiger partial charge in [-0.2, -0.15) is 5.10 Å². The Balaban J connectivity index is 2.22. The van der Waals surface area contributed by atoms with E-state index in [1.54, 1.807) is 18.5 Å². The molecule has 0 aliphatic carbocycles. The van der Waals surface area contributed by atoms with Crippen LogP contribution in [0.4, 0.5) is 0 Å². The van der Waals surface area contributed by atoms with Gasteiger partial charge in [0, 0.05) is 18.4 Å². The largest absolute Gasteiger partial charge is 0.389 e. The minimum Gasteiger partial charge on any atom is -0.389 e. The third kappa shape index (κ3) is 5.65. The fourth-order valence-electron chi connectivity index (χ4n) is 2.16. The zero-order valence-corrected chi connectivity index (χ0v) is 14.3. The highest BCUT2D eigenvalue weighted by atomic mass is 35.5. The topological polar surface area (TPSA) is 80.0 Å². The molecule has 2 rings (SSSR count). The number of hydrogen-bond acceptors (Lipinski definition) is 4. The molecule has 23 heavy (non-hydrogen) atoms. The van der Waals surface area contributed by atoms with Gasteiger partial charge in [0.1, 0.15) is 5.82 Å². The van der Waals surface area contributed by atoms with Crippen molar-refractivity contribution in [2.45, 2.75) is 45.9 Å². The number of halogens is 1. The van der Waals surface area contributed by atoms with E-state index in [2.05, 4.69) is 15.4 Å². The van der Waals surface area contributed by atoms with Gasteiger partial charge in [-0.3, -0.25) is 4.79 Å². The number of benzene rings is 1. The zero-order chi connectivity index (χ0) is 17.0. The first kappa shape index (κ1) is 17.4. The van der Waals surface area contributed by atoms with Crippen LogP contribution in [-0.4, -0.2) is 31.4 Å². The molecule has 0 bridgehead atoms. The number of hydrogen-bond donors (Lipinski definition) is 2. The lowest BCUT2D eigenvalue weighted by Crippen LogP contribution is -2.29. The number of nitrogens with zero attached hydrogens (tertiary/aromatic N) is 3. The van der Waals surface area contributed by atoms with Crippen LogP contribution in [0.2, 0.25) is 5.02 Å². The molecule has 6 nitrogen and oxygen atoms in total. The van der Waals surface area contributed by atoms with Gasteiger partial charge in [0.25, 0.3) is 0 Å². The van der Waals surface area contributed by atoms with Crippen molar-refractivity contribution in [1.82, 2.24) is 20.1 Å². The van der Waals surface area contributed by atoms with Crippen LogP contribution in [0.1, 0.15) is 38.0 Å². The second kappa shape index (κ2) is 7.10. The van der Waals surface area contributed by atoms with E-state index >= 15 is 0 Å². The van der Waals surface area contributed by atoms with E-state index < -0.39 is 5.60 Å². The monoisotopic (exact) mass is 336 g/mol. The molecule has 124 valence electrons. The normalized spacial score (nSPS) is 11.5. The van der Waals surface area contributed by atoms with Gasteiger partial charge in [-0.25, -0.2) is 9.67 Å². The summed E-state index contributed by atoms with van der Waals surface area (Å²) in [4.78, 5) is 15.6. The zero-order valence-electron chi connectivity index (χ0n) is 13.5. The van der Waals surface area contributed by atoms with Gasteiger partial charge in [-0.05, 0) is 31.5 Å². The lowest BCUT2D eigenvalue weighted by atomic mass is 10.1. The van der Waals surface area contributed by atoms with Crippen LogP contribution >= 0.6 is 11.6 Å². The Kier molecular flexibility index (Phi) is 5.38. The van der Waals surface area contributed by atoms with Crippen molar-refractivity contribution in [3.8, 4) is 0 Å². The molecule has 0 saturated carbocycles. The van der Waals surface area contributed by atoms with Crippen molar-refractivity contribution in [3.63, 3.8) is 0 Å². The van der Waals surface area contributed by atoms with Crippen LogP contribution < -0.4 is 5.32 Å². The van der Waals surface area contributed by atoms with Gasteiger partial charge in [-0.1, -0.05) is 23.7 Å². The quantitative estimate of drug-likeness (QED) is 0.844. The van der Waals surface area contributed by atoms with Gasteiger partial charge in [0.2, 0.25) is 5.91 Å². The maximum absolute atomic E-state index is 11.1. The first-order chi connectivity index (χ1) is 10.7. The molecular formula is C16H21ClN4O2. The van der Waals surface area contributed by atoms with Crippen LogP contribution in [0.15, 0.2) is 24.3 Å². The minimum atomic E-state index is -0.925. The number of carbonyl (C=O) groups is 1. The molecule has 2 aromatic rings. The molecule has 0 aliphatic heterocycles. The lowest BCUT2D eigenvalue weighted by Gasteiger charge is -2.17. The average molecular weight is 337 g/mol. The third-order valence-electron chi connectivity index (χ3n) is 3.08. The molecule has 0 aliphatic rings. The fourth-order valence-corrected chi connectivity index (χ4v) is 2.37. The van der Waals surface area contributed by atoms with Gasteiger partial charge >= 0.3 is 0 Å². The number of aromatic nitrogens is 3. The van der Waals surface area contributed by atoms with Crippen molar-refractivity contribution >= 4 is 17.5 Å².